The minimum atomic E-state index is 0.0897. The maximum Gasteiger partial charge on any atom is 0.110 e. The molecule has 0 saturated heterocycles. The van der Waals surface area contributed by atoms with Crippen LogP contribution in [-0.2, 0) is 13.0 Å². The summed E-state index contributed by atoms with van der Waals surface area (Å²) in [6.45, 7) is 2.65. The van der Waals surface area contributed by atoms with Crippen LogP contribution in [-0.4, -0.2) is 15.6 Å². The number of nitrogens with zero attached hydrogens (tertiary/aromatic N) is 2. The molecule has 2 aromatic rings. The van der Waals surface area contributed by atoms with Crippen LogP contribution >= 0.6 is 23.2 Å². The quantitative estimate of drug-likeness (QED) is 0.937. The molecular formula is C13H15Cl2N3. The zero-order valence-electron chi connectivity index (χ0n) is 10.1. The van der Waals surface area contributed by atoms with Crippen LogP contribution in [0.2, 0.25) is 10.0 Å². The van der Waals surface area contributed by atoms with Gasteiger partial charge in [0.1, 0.15) is 5.82 Å². The minimum absolute atomic E-state index is 0.0897. The molecule has 1 heterocycles. The van der Waals surface area contributed by atoms with Crippen LogP contribution in [0.15, 0.2) is 30.6 Å². The molecule has 2 rings (SSSR count). The van der Waals surface area contributed by atoms with E-state index in [4.69, 9.17) is 28.9 Å². The minimum Gasteiger partial charge on any atom is -0.330 e. The molecule has 0 aliphatic rings. The summed E-state index contributed by atoms with van der Waals surface area (Å²) in [7, 11) is 0. The summed E-state index contributed by atoms with van der Waals surface area (Å²) in [5.74, 6) is 0.969. The first-order valence-electron chi connectivity index (χ1n) is 5.76. The molecule has 18 heavy (non-hydrogen) atoms. The highest BCUT2D eigenvalue weighted by Crippen LogP contribution is 2.22. The van der Waals surface area contributed by atoms with Gasteiger partial charge in [-0.1, -0.05) is 29.3 Å². The Labute approximate surface area is 117 Å². The lowest BCUT2D eigenvalue weighted by atomic mass is 10.2. The van der Waals surface area contributed by atoms with E-state index in [1.54, 1.807) is 12.3 Å². The van der Waals surface area contributed by atoms with Gasteiger partial charge in [-0.05, 0) is 24.6 Å². The van der Waals surface area contributed by atoms with Crippen LogP contribution in [0.4, 0.5) is 0 Å². The lowest BCUT2D eigenvalue weighted by molar-refractivity contribution is 0.648. The number of nitrogens with two attached hydrogens (primary N) is 1. The predicted octanol–water partition coefficient (Wildman–Crippen LogP) is 3.13. The summed E-state index contributed by atoms with van der Waals surface area (Å²) in [5, 5.41) is 1.31. The lowest BCUT2D eigenvalue weighted by Gasteiger charge is -2.11. The fourth-order valence-corrected chi connectivity index (χ4v) is 2.26. The summed E-state index contributed by atoms with van der Waals surface area (Å²) in [5.41, 5.74) is 6.82. The van der Waals surface area contributed by atoms with Crippen molar-refractivity contribution < 1.29 is 0 Å². The maximum atomic E-state index is 6.16. The summed E-state index contributed by atoms with van der Waals surface area (Å²) in [6, 6.07) is 5.61. The molecule has 0 saturated carbocycles. The van der Waals surface area contributed by atoms with E-state index in [1.807, 2.05) is 25.3 Å². The average Bonchev–Trinajstić information content (AvgIpc) is 2.69. The molecule has 0 bridgehead atoms. The van der Waals surface area contributed by atoms with Gasteiger partial charge < -0.3 is 10.3 Å². The Hall–Kier alpha value is -1.03. The van der Waals surface area contributed by atoms with E-state index in [0.29, 0.717) is 16.6 Å². The van der Waals surface area contributed by atoms with Gasteiger partial charge in [0.15, 0.2) is 0 Å². The highest BCUT2D eigenvalue weighted by Gasteiger charge is 2.08. The molecule has 0 aliphatic carbocycles. The smallest absolute Gasteiger partial charge is 0.110 e. The number of hydrogen-bond donors (Lipinski definition) is 1. The van der Waals surface area contributed by atoms with Gasteiger partial charge in [0.05, 0.1) is 6.54 Å². The topological polar surface area (TPSA) is 43.8 Å². The first-order valence-corrected chi connectivity index (χ1v) is 6.51. The van der Waals surface area contributed by atoms with Crippen LogP contribution in [0, 0.1) is 0 Å². The number of imidazole rings is 1. The first kappa shape index (κ1) is 13.4. The summed E-state index contributed by atoms with van der Waals surface area (Å²) < 4.78 is 2.05. The third kappa shape index (κ3) is 3.25. The summed E-state index contributed by atoms with van der Waals surface area (Å²) in [6.07, 6.45) is 4.46. The van der Waals surface area contributed by atoms with Crippen molar-refractivity contribution in [3.63, 3.8) is 0 Å². The van der Waals surface area contributed by atoms with Crippen molar-refractivity contribution in [2.75, 3.05) is 0 Å². The second-order valence-electron chi connectivity index (χ2n) is 4.39. The fourth-order valence-electron chi connectivity index (χ4n) is 1.80. The zero-order chi connectivity index (χ0) is 13.1. The Morgan fingerprint density at radius 2 is 2.17 bits per heavy atom. The van der Waals surface area contributed by atoms with Gasteiger partial charge in [-0.3, -0.25) is 0 Å². The average molecular weight is 284 g/mol. The molecule has 2 N–H and O–H groups in total. The molecule has 0 spiro atoms. The standard InChI is InChI=1S/C13H15Cl2N3/c1-9(16)6-13-17-4-5-18(13)8-10-2-3-11(14)7-12(10)15/h2-5,7,9H,6,8,16H2,1H3. The Kier molecular flexibility index (Phi) is 4.27. The highest BCUT2D eigenvalue weighted by atomic mass is 35.5. The van der Waals surface area contributed by atoms with Crippen molar-refractivity contribution in [2.45, 2.75) is 25.9 Å². The molecule has 1 aromatic heterocycles. The Morgan fingerprint density at radius 3 is 2.83 bits per heavy atom. The molecule has 1 unspecified atom stereocenters. The van der Waals surface area contributed by atoms with Gasteiger partial charge in [-0.2, -0.15) is 0 Å². The van der Waals surface area contributed by atoms with Crippen LogP contribution < -0.4 is 5.73 Å². The lowest BCUT2D eigenvalue weighted by Crippen LogP contribution is -2.20. The van der Waals surface area contributed by atoms with Crippen LogP contribution in [0.25, 0.3) is 0 Å². The van der Waals surface area contributed by atoms with Gasteiger partial charge in [-0.25, -0.2) is 4.98 Å². The number of halogens is 2. The summed E-state index contributed by atoms with van der Waals surface area (Å²) >= 11 is 12.0. The Balaban J connectivity index is 2.21. The van der Waals surface area contributed by atoms with E-state index in [9.17, 15) is 0 Å². The first-order chi connectivity index (χ1) is 8.56. The molecule has 1 aromatic carbocycles. The molecule has 0 amide bonds. The third-order valence-corrected chi connectivity index (χ3v) is 3.25. The highest BCUT2D eigenvalue weighted by molar-refractivity contribution is 6.35. The normalized spacial score (nSPS) is 12.7. The maximum absolute atomic E-state index is 6.16. The fraction of sp³-hybridized carbons (Fsp3) is 0.308. The van der Waals surface area contributed by atoms with Crippen molar-refractivity contribution in [3.8, 4) is 0 Å². The van der Waals surface area contributed by atoms with Crippen LogP contribution in [0.3, 0.4) is 0 Å². The largest absolute Gasteiger partial charge is 0.330 e. The van der Waals surface area contributed by atoms with Gasteiger partial charge in [0, 0.05) is 34.9 Å². The zero-order valence-corrected chi connectivity index (χ0v) is 11.6. The molecule has 3 nitrogen and oxygen atoms in total. The third-order valence-electron chi connectivity index (χ3n) is 2.66. The van der Waals surface area contributed by atoms with E-state index in [2.05, 4.69) is 9.55 Å². The number of rotatable bonds is 4. The SMILES string of the molecule is CC(N)Cc1nccn1Cc1ccc(Cl)cc1Cl. The van der Waals surface area contributed by atoms with Crippen molar-refractivity contribution in [3.05, 3.63) is 52.0 Å². The van der Waals surface area contributed by atoms with E-state index in [0.717, 1.165) is 17.8 Å². The second kappa shape index (κ2) is 5.74. The van der Waals surface area contributed by atoms with Gasteiger partial charge >= 0.3 is 0 Å². The predicted molar refractivity (Wildman–Crippen MR) is 75.1 cm³/mol. The molecule has 0 fully saturated rings. The van der Waals surface area contributed by atoms with Crippen LogP contribution in [0.1, 0.15) is 18.3 Å². The van der Waals surface area contributed by atoms with Crippen molar-refractivity contribution >= 4 is 23.2 Å². The van der Waals surface area contributed by atoms with Crippen molar-refractivity contribution in [1.29, 1.82) is 0 Å². The van der Waals surface area contributed by atoms with E-state index in [-0.39, 0.29) is 6.04 Å². The monoisotopic (exact) mass is 283 g/mol. The molecule has 5 heteroatoms. The van der Waals surface area contributed by atoms with E-state index >= 15 is 0 Å². The number of benzene rings is 1. The Morgan fingerprint density at radius 1 is 1.39 bits per heavy atom. The van der Waals surface area contributed by atoms with E-state index in [1.165, 1.54) is 0 Å². The van der Waals surface area contributed by atoms with Gasteiger partial charge in [-0.15, -0.1) is 0 Å². The second-order valence-corrected chi connectivity index (χ2v) is 5.23. The van der Waals surface area contributed by atoms with Gasteiger partial charge in [0.2, 0.25) is 0 Å². The van der Waals surface area contributed by atoms with Crippen LogP contribution in [0.5, 0.6) is 0 Å². The summed E-state index contributed by atoms with van der Waals surface area (Å²) in [4.78, 5) is 4.31. The molecule has 96 valence electrons. The van der Waals surface area contributed by atoms with E-state index < -0.39 is 0 Å². The van der Waals surface area contributed by atoms with Crippen molar-refractivity contribution in [1.82, 2.24) is 9.55 Å². The molecular weight excluding hydrogens is 269 g/mol. The Bertz CT molecular complexity index is 535. The molecule has 1 atom stereocenters. The molecule has 0 aliphatic heterocycles. The molecule has 0 radical (unpaired) electrons. The number of hydrogen-bond acceptors (Lipinski definition) is 2. The van der Waals surface area contributed by atoms with Crippen molar-refractivity contribution in [2.24, 2.45) is 5.73 Å². The number of aromatic nitrogens is 2. The van der Waals surface area contributed by atoms with Gasteiger partial charge in [0.25, 0.3) is 0 Å².